The van der Waals surface area contributed by atoms with E-state index in [4.69, 9.17) is 21.4 Å². The fourth-order valence-electron chi connectivity index (χ4n) is 10.4. The molecule has 0 spiro atoms. The van der Waals surface area contributed by atoms with Crippen LogP contribution in [0.15, 0.2) is 109 Å². The molecule has 3 aromatic carbocycles. The van der Waals surface area contributed by atoms with Crippen LogP contribution in [0.5, 0.6) is 0 Å². The average Bonchev–Trinajstić information content (AvgIpc) is 4.15. The number of carbonyl (C=O) groups is 4. The van der Waals surface area contributed by atoms with Gasteiger partial charge in [0.2, 0.25) is 23.6 Å². The minimum absolute atomic E-state index is 0.0101. The van der Waals surface area contributed by atoms with Gasteiger partial charge in [0, 0.05) is 61.9 Å². The number of β-amino-alcohol motifs (C(OH)–C–C–N with tert-alkyl or cyclic N) is 1. The molecule has 4 amide bonds. The van der Waals surface area contributed by atoms with Gasteiger partial charge in [0.15, 0.2) is 11.5 Å². The Morgan fingerprint density at radius 1 is 0.831 bits per heavy atom. The van der Waals surface area contributed by atoms with Gasteiger partial charge in [-0.25, -0.2) is 19.9 Å². The number of thiazole rings is 1. The van der Waals surface area contributed by atoms with Crippen molar-refractivity contribution in [2.45, 2.75) is 135 Å². The number of likely N-dealkylation sites (tertiary alicyclic amines) is 1. The maximum absolute atomic E-state index is 14.1. The highest BCUT2D eigenvalue weighted by Gasteiger charge is 2.44. The zero-order chi connectivity index (χ0) is 54.3. The van der Waals surface area contributed by atoms with Gasteiger partial charge in [-0.05, 0) is 116 Å². The number of aromatic nitrogens is 5. The second-order valence-corrected chi connectivity index (χ2v) is 22.7. The van der Waals surface area contributed by atoms with Crippen LogP contribution in [0.3, 0.4) is 0 Å². The number of amides is 4. The molecule has 0 bridgehead atoms. The second-order valence-electron chi connectivity index (χ2n) is 21.8. The minimum atomic E-state index is -0.881. The van der Waals surface area contributed by atoms with Gasteiger partial charge in [0.05, 0.1) is 33.4 Å². The molecule has 5 heterocycles. The number of fused-ring (bicyclic) bond motifs is 1. The third-order valence-corrected chi connectivity index (χ3v) is 16.0. The first-order valence-corrected chi connectivity index (χ1v) is 27.8. The van der Waals surface area contributed by atoms with Gasteiger partial charge in [-0.3, -0.25) is 23.7 Å². The van der Waals surface area contributed by atoms with Crippen LogP contribution in [0.1, 0.15) is 114 Å². The number of carbonyl (C=O) groups excluding carboxylic acids is 4. The zero-order valence-corrected chi connectivity index (χ0v) is 45.4. The molecule has 9 rings (SSSR count). The van der Waals surface area contributed by atoms with Gasteiger partial charge < -0.3 is 37.4 Å². The molecule has 1 aliphatic heterocycles. The highest BCUT2D eigenvalue weighted by atomic mass is 32.1. The summed E-state index contributed by atoms with van der Waals surface area (Å²) in [5.74, 6) is 0.0580. The Labute approximate surface area is 454 Å². The molecule has 1 aliphatic carbocycles. The van der Waals surface area contributed by atoms with E-state index in [1.807, 2.05) is 105 Å². The lowest BCUT2D eigenvalue weighted by Crippen LogP contribution is -2.57. The predicted molar refractivity (Wildman–Crippen MR) is 302 cm³/mol. The molecule has 0 unspecified atom stereocenters. The van der Waals surface area contributed by atoms with E-state index < -0.39 is 23.6 Å². The molecule has 17 heteroatoms. The molecule has 1 saturated carbocycles. The molecule has 1 saturated heterocycles. The van der Waals surface area contributed by atoms with Crippen molar-refractivity contribution in [2.75, 3.05) is 18.8 Å². The topological polar surface area (TPSA) is 236 Å². The fourth-order valence-corrected chi connectivity index (χ4v) is 11.2. The number of pyridine rings is 2. The number of nitrogens with zero attached hydrogens (tertiary/aromatic N) is 6. The van der Waals surface area contributed by atoms with E-state index in [1.165, 1.54) is 4.90 Å². The molecular formula is C60H71N11O5S. The van der Waals surface area contributed by atoms with E-state index in [0.717, 1.165) is 100 Å². The van der Waals surface area contributed by atoms with Crippen molar-refractivity contribution in [3.05, 3.63) is 131 Å². The standard InChI is InChI=1S/C60H71N11O5S/c1-38-52(77-37-66-38)41-20-17-40(18-21-41)35-65-57(75)49-34-45(72)36-70(49)58(76)53(59(2,3)4)69-51(74)16-8-6-5-7-9-31-63-50(73)28-19-39-13-10-14-42(33-39)47-26-27-48-56(67-47)71(55(68-48)46-15-11-32-64-54(46)61)44-24-22-43(23-25-44)60(62)29-12-30-60/h10-11,13-15,17-18,20-27,32-33,37,45,49,53,72H,5-9,12,16,19,28-31,34-36,62H2,1-4H3,(H2,61,64)(H,63,73)(H,65,75)(H,69,74)/t45-,49+,53-/m1/s1. The molecule has 7 aromatic rings. The molecule has 0 radical (unpaired) electrons. The molecular weight excluding hydrogens is 987 g/mol. The molecule has 2 fully saturated rings. The minimum Gasteiger partial charge on any atom is -0.391 e. The van der Waals surface area contributed by atoms with Crippen LogP contribution in [-0.2, 0) is 37.7 Å². The molecule has 77 heavy (non-hydrogen) atoms. The monoisotopic (exact) mass is 1060 g/mol. The summed E-state index contributed by atoms with van der Waals surface area (Å²) in [5.41, 5.74) is 23.8. The Balaban J connectivity index is 0.706. The number of nitrogens with one attached hydrogen (secondary N) is 3. The van der Waals surface area contributed by atoms with E-state index >= 15 is 0 Å². The maximum atomic E-state index is 14.1. The second kappa shape index (κ2) is 23.9. The summed E-state index contributed by atoms with van der Waals surface area (Å²) < 4.78 is 2.03. The van der Waals surface area contributed by atoms with Gasteiger partial charge in [0.25, 0.3) is 0 Å². The number of aliphatic hydroxyl groups is 1. The predicted octanol–water partition coefficient (Wildman–Crippen LogP) is 8.70. The van der Waals surface area contributed by atoms with Gasteiger partial charge >= 0.3 is 0 Å². The van der Waals surface area contributed by atoms with Crippen LogP contribution in [-0.4, -0.2) is 89.4 Å². The zero-order valence-electron chi connectivity index (χ0n) is 44.6. The first kappa shape index (κ1) is 54.4. The largest absolute Gasteiger partial charge is 0.391 e. The maximum Gasteiger partial charge on any atom is 0.246 e. The van der Waals surface area contributed by atoms with Crippen LogP contribution in [0.25, 0.3) is 49.9 Å². The number of nitrogens with two attached hydrogens (primary N) is 2. The Morgan fingerprint density at radius 3 is 2.31 bits per heavy atom. The summed E-state index contributed by atoms with van der Waals surface area (Å²) in [7, 11) is 0. The number of unbranched alkanes of at least 4 members (excludes halogenated alkanes) is 4. The first-order valence-electron chi connectivity index (χ1n) is 27.0. The SMILES string of the molecule is Cc1ncsc1-c1ccc(CNC(=O)[C@@H]2C[C@@H](O)CN2C(=O)[C@@H](NC(=O)CCCCCCCNC(=O)CCc2cccc(-c3ccc4nc(-c5cccnc5N)n(-c5ccc(C6(N)CCC6)cc5)c4n3)c2)C(C)(C)C)cc1. The number of hydrogen-bond acceptors (Lipinski definition) is 12. The van der Waals surface area contributed by atoms with Crippen LogP contribution in [0.2, 0.25) is 0 Å². The van der Waals surface area contributed by atoms with Gasteiger partial charge in [-0.2, -0.15) is 0 Å². The highest BCUT2D eigenvalue weighted by molar-refractivity contribution is 7.13. The number of anilines is 1. The first-order chi connectivity index (χ1) is 37.0. The lowest BCUT2D eigenvalue weighted by molar-refractivity contribution is -0.144. The smallest absolute Gasteiger partial charge is 0.246 e. The van der Waals surface area contributed by atoms with E-state index in [1.54, 1.807) is 17.5 Å². The molecule has 4 aromatic heterocycles. The Hall–Kier alpha value is -7.34. The molecule has 3 atom stereocenters. The van der Waals surface area contributed by atoms with E-state index in [2.05, 4.69) is 56.3 Å². The van der Waals surface area contributed by atoms with Crippen LogP contribution in [0, 0.1) is 12.3 Å². The van der Waals surface area contributed by atoms with Gasteiger partial charge in [0.1, 0.15) is 23.4 Å². The van der Waals surface area contributed by atoms with Crippen molar-refractivity contribution in [3.63, 3.8) is 0 Å². The van der Waals surface area contributed by atoms with Crippen molar-refractivity contribution in [1.29, 1.82) is 0 Å². The summed E-state index contributed by atoms with van der Waals surface area (Å²) in [4.78, 5) is 75.2. The Morgan fingerprint density at radius 2 is 1.60 bits per heavy atom. The third kappa shape index (κ3) is 12.9. The summed E-state index contributed by atoms with van der Waals surface area (Å²) in [6.07, 6.45) is 9.30. The van der Waals surface area contributed by atoms with Gasteiger partial charge in [-0.15, -0.1) is 11.3 Å². The average molecular weight is 1060 g/mol. The third-order valence-electron chi connectivity index (χ3n) is 15.0. The molecule has 16 nitrogen and oxygen atoms in total. The van der Waals surface area contributed by atoms with E-state index in [9.17, 15) is 24.3 Å². The Kier molecular flexibility index (Phi) is 16.9. The Bertz CT molecular complexity index is 3220. The van der Waals surface area contributed by atoms with E-state index in [-0.39, 0.29) is 55.1 Å². The highest BCUT2D eigenvalue weighted by Crippen LogP contribution is 2.40. The van der Waals surface area contributed by atoms with Crippen molar-refractivity contribution >= 4 is 51.9 Å². The number of nitrogen functional groups attached to an aromatic ring is 1. The molecule has 8 N–H and O–H groups in total. The van der Waals surface area contributed by atoms with Crippen LogP contribution < -0.4 is 27.4 Å². The fraction of sp³-hybridized carbons (Fsp3) is 0.400. The van der Waals surface area contributed by atoms with Crippen LogP contribution >= 0.6 is 11.3 Å². The number of aliphatic hydroxyl groups excluding tert-OH is 1. The van der Waals surface area contributed by atoms with Crippen molar-refractivity contribution in [1.82, 2.24) is 45.4 Å². The number of aryl methyl sites for hydroxylation is 2. The lowest BCUT2D eigenvalue weighted by Gasteiger charge is -2.38. The van der Waals surface area contributed by atoms with Gasteiger partial charge in [-0.1, -0.05) is 94.6 Å². The van der Waals surface area contributed by atoms with Crippen molar-refractivity contribution in [3.8, 4) is 38.8 Å². The summed E-state index contributed by atoms with van der Waals surface area (Å²) in [6.45, 7) is 8.48. The van der Waals surface area contributed by atoms with Crippen molar-refractivity contribution < 1.29 is 24.3 Å². The van der Waals surface area contributed by atoms with E-state index in [0.29, 0.717) is 48.7 Å². The normalized spacial score (nSPS) is 16.5. The van der Waals surface area contributed by atoms with Crippen LogP contribution in [0.4, 0.5) is 5.82 Å². The molecule has 402 valence electrons. The lowest BCUT2D eigenvalue weighted by atomic mass is 9.73. The number of rotatable bonds is 21. The quantitative estimate of drug-likeness (QED) is 0.0372. The van der Waals surface area contributed by atoms with Crippen molar-refractivity contribution in [2.24, 2.45) is 11.1 Å². The summed E-state index contributed by atoms with van der Waals surface area (Å²) in [6, 6.07) is 30.4. The number of benzene rings is 3. The summed E-state index contributed by atoms with van der Waals surface area (Å²) >= 11 is 1.58. The number of imidazole rings is 1. The number of hydrogen-bond donors (Lipinski definition) is 6. The molecule has 2 aliphatic rings. The summed E-state index contributed by atoms with van der Waals surface area (Å²) in [5, 5.41) is 19.6.